The fourth-order valence-corrected chi connectivity index (χ4v) is 1.70. The Balaban J connectivity index is 2.35. The summed E-state index contributed by atoms with van der Waals surface area (Å²) in [5.41, 5.74) is 1.65. The van der Waals surface area contributed by atoms with E-state index in [0.717, 1.165) is 5.56 Å². The second-order valence-electron chi connectivity index (χ2n) is 3.61. The predicted octanol–water partition coefficient (Wildman–Crippen LogP) is 4.19. The molecule has 1 aromatic carbocycles. The van der Waals surface area contributed by atoms with E-state index >= 15 is 0 Å². The highest BCUT2D eigenvalue weighted by molar-refractivity contribution is 6.30. The van der Waals surface area contributed by atoms with Gasteiger partial charge in [0.1, 0.15) is 17.2 Å². The Kier molecular flexibility index (Phi) is 3.50. The van der Waals surface area contributed by atoms with Gasteiger partial charge >= 0.3 is 0 Å². The summed E-state index contributed by atoms with van der Waals surface area (Å²) in [5.74, 6) is 1.16. The molecule has 0 unspecified atom stereocenters. The number of hydrogen-bond acceptors (Lipinski definition) is 3. The van der Waals surface area contributed by atoms with E-state index in [9.17, 15) is 0 Å². The lowest BCUT2D eigenvalue weighted by atomic mass is 10.2. The Morgan fingerprint density at radius 1 is 1.12 bits per heavy atom. The number of aryl methyl sites for hydroxylation is 1. The zero-order valence-corrected chi connectivity index (χ0v) is 10.9. The molecule has 17 heavy (non-hydrogen) atoms. The molecule has 0 radical (unpaired) electrons. The molecule has 0 amide bonds. The van der Waals surface area contributed by atoms with Crippen molar-refractivity contribution in [1.82, 2.24) is 9.97 Å². The van der Waals surface area contributed by atoms with Crippen LogP contribution in [-0.2, 0) is 0 Å². The van der Waals surface area contributed by atoms with Crippen molar-refractivity contribution in [2.24, 2.45) is 0 Å². The van der Waals surface area contributed by atoms with Gasteiger partial charge in [-0.25, -0.2) is 9.97 Å². The second-order valence-corrected chi connectivity index (χ2v) is 4.40. The molecule has 3 nitrogen and oxygen atoms in total. The van der Waals surface area contributed by atoms with Gasteiger partial charge in [-0.1, -0.05) is 23.2 Å². The van der Waals surface area contributed by atoms with E-state index in [4.69, 9.17) is 27.9 Å². The number of rotatable bonds is 2. The first-order chi connectivity index (χ1) is 8.08. The SMILES string of the molecule is Cc1cc(Cl)ccc1Oc1ncnc(Cl)c1C. The fraction of sp³-hybridized carbons (Fsp3) is 0.167. The van der Waals surface area contributed by atoms with Crippen LogP contribution in [0, 0.1) is 13.8 Å². The van der Waals surface area contributed by atoms with E-state index < -0.39 is 0 Å². The van der Waals surface area contributed by atoms with Gasteiger partial charge in [-0.05, 0) is 37.6 Å². The Morgan fingerprint density at radius 3 is 2.59 bits per heavy atom. The number of aromatic nitrogens is 2. The summed E-state index contributed by atoms with van der Waals surface area (Å²) in [7, 11) is 0. The van der Waals surface area contributed by atoms with E-state index in [2.05, 4.69) is 9.97 Å². The molecule has 0 bridgehead atoms. The van der Waals surface area contributed by atoms with Gasteiger partial charge in [0, 0.05) is 10.6 Å². The number of nitrogens with zero attached hydrogens (tertiary/aromatic N) is 2. The van der Waals surface area contributed by atoms with Crippen LogP contribution in [0.2, 0.25) is 10.2 Å². The molecule has 2 aromatic rings. The van der Waals surface area contributed by atoms with Crippen molar-refractivity contribution in [2.45, 2.75) is 13.8 Å². The molecule has 0 saturated heterocycles. The lowest BCUT2D eigenvalue weighted by Crippen LogP contribution is -1.95. The van der Waals surface area contributed by atoms with Crippen LogP contribution in [0.15, 0.2) is 24.5 Å². The molecule has 88 valence electrons. The third kappa shape index (κ3) is 2.68. The van der Waals surface area contributed by atoms with Gasteiger partial charge in [0.15, 0.2) is 0 Å². The first-order valence-corrected chi connectivity index (χ1v) is 5.74. The van der Waals surface area contributed by atoms with Crippen molar-refractivity contribution in [1.29, 1.82) is 0 Å². The molecular formula is C12H10Cl2N2O. The highest BCUT2D eigenvalue weighted by Gasteiger charge is 2.09. The predicted molar refractivity (Wildman–Crippen MR) is 68.0 cm³/mol. The van der Waals surface area contributed by atoms with Crippen molar-refractivity contribution in [3.05, 3.63) is 45.8 Å². The zero-order chi connectivity index (χ0) is 12.4. The number of hydrogen-bond donors (Lipinski definition) is 0. The van der Waals surface area contributed by atoms with Crippen molar-refractivity contribution in [3.63, 3.8) is 0 Å². The molecule has 0 N–H and O–H groups in total. The maximum atomic E-state index is 5.89. The molecule has 1 aromatic heterocycles. The van der Waals surface area contributed by atoms with Gasteiger partial charge in [-0.2, -0.15) is 0 Å². The maximum absolute atomic E-state index is 5.89. The normalized spacial score (nSPS) is 10.4. The monoisotopic (exact) mass is 268 g/mol. The molecule has 1 heterocycles. The smallest absolute Gasteiger partial charge is 0.226 e. The Morgan fingerprint density at radius 2 is 1.88 bits per heavy atom. The maximum Gasteiger partial charge on any atom is 0.226 e. The number of ether oxygens (including phenoxy) is 1. The first kappa shape index (κ1) is 12.1. The zero-order valence-electron chi connectivity index (χ0n) is 9.37. The van der Waals surface area contributed by atoms with Gasteiger partial charge in [0.2, 0.25) is 5.88 Å². The summed E-state index contributed by atoms with van der Waals surface area (Å²) in [6.07, 6.45) is 1.37. The van der Waals surface area contributed by atoms with Crippen LogP contribution in [0.4, 0.5) is 0 Å². The Bertz CT molecular complexity index is 558. The van der Waals surface area contributed by atoms with Gasteiger partial charge in [0.25, 0.3) is 0 Å². The van der Waals surface area contributed by atoms with Crippen molar-refractivity contribution in [2.75, 3.05) is 0 Å². The summed E-state index contributed by atoms with van der Waals surface area (Å²) in [6, 6.07) is 5.39. The highest BCUT2D eigenvalue weighted by Crippen LogP contribution is 2.29. The Hall–Kier alpha value is -1.32. The van der Waals surface area contributed by atoms with Crippen LogP contribution in [-0.4, -0.2) is 9.97 Å². The minimum absolute atomic E-state index is 0.390. The van der Waals surface area contributed by atoms with Gasteiger partial charge < -0.3 is 4.74 Å². The van der Waals surface area contributed by atoms with E-state index in [-0.39, 0.29) is 0 Å². The van der Waals surface area contributed by atoms with E-state index in [1.165, 1.54) is 6.33 Å². The molecule has 0 aliphatic carbocycles. The van der Waals surface area contributed by atoms with Crippen LogP contribution in [0.3, 0.4) is 0 Å². The van der Waals surface area contributed by atoms with E-state index in [1.54, 1.807) is 12.1 Å². The van der Waals surface area contributed by atoms with Crippen LogP contribution in [0.25, 0.3) is 0 Å². The summed E-state index contributed by atoms with van der Waals surface area (Å²) in [5, 5.41) is 1.06. The van der Waals surface area contributed by atoms with E-state index in [1.807, 2.05) is 19.9 Å². The molecule has 0 spiro atoms. The molecule has 0 aliphatic rings. The van der Waals surface area contributed by atoms with Crippen molar-refractivity contribution < 1.29 is 4.74 Å². The summed E-state index contributed by atoms with van der Waals surface area (Å²) in [4.78, 5) is 7.92. The van der Waals surface area contributed by atoms with E-state index in [0.29, 0.717) is 27.4 Å². The van der Waals surface area contributed by atoms with Gasteiger partial charge in [-0.15, -0.1) is 0 Å². The van der Waals surface area contributed by atoms with Crippen molar-refractivity contribution in [3.8, 4) is 11.6 Å². The first-order valence-electron chi connectivity index (χ1n) is 4.99. The quantitative estimate of drug-likeness (QED) is 0.766. The lowest BCUT2D eigenvalue weighted by Gasteiger charge is -2.10. The average Bonchev–Trinajstić information content (AvgIpc) is 2.28. The molecule has 0 saturated carbocycles. The van der Waals surface area contributed by atoms with Crippen LogP contribution in [0.5, 0.6) is 11.6 Å². The van der Waals surface area contributed by atoms with Crippen LogP contribution >= 0.6 is 23.2 Å². The lowest BCUT2D eigenvalue weighted by molar-refractivity contribution is 0.454. The van der Waals surface area contributed by atoms with Crippen molar-refractivity contribution >= 4 is 23.2 Å². The van der Waals surface area contributed by atoms with Crippen LogP contribution < -0.4 is 4.74 Å². The fourth-order valence-electron chi connectivity index (χ4n) is 1.35. The number of halogens is 2. The standard InChI is InChI=1S/C12H10Cl2N2O/c1-7-5-9(13)3-4-10(7)17-12-8(2)11(14)15-6-16-12/h3-6H,1-2H3. The number of benzene rings is 1. The third-order valence-corrected chi connectivity index (χ3v) is 2.94. The molecule has 0 fully saturated rings. The summed E-state index contributed by atoms with van der Waals surface area (Å²) < 4.78 is 5.68. The average molecular weight is 269 g/mol. The summed E-state index contributed by atoms with van der Waals surface area (Å²) >= 11 is 11.8. The molecule has 2 rings (SSSR count). The minimum Gasteiger partial charge on any atom is -0.438 e. The van der Waals surface area contributed by atoms with Gasteiger partial charge in [-0.3, -0.25) is 0 Å². The van der Waals surface area contributed by atoms with Gasteiger partial charge in [0.05, 0.1) is 0 Å². The largest absolute Gasteiger partial charge is 0.438 e. The molecule has 5 heteroatoms. The molecular weight excluding hydrogens is 259 g/mol. The Labute approximate surface area is 109 Å². The minimum atomic E-state index is 0.390. The second kappa shape index (κ2) is 4.90. The summed E-state index contributed by atoms with van der Waals surface area (Å²) in [6.45, 7) is 3.72. The molecule has 0 aliphatic heterocycles. The highest BCUT2D eigenvalue weighted by atomic mass is 35.5. The third-order valence-electron chi connectivity index (χ3n) is 2.32. The topological polar surface area (TPSA) is 35.0 Å². The van der Waals surface area contributed by atoms with Crippen LogP contribution in [0.1, 0.15) is 11.1 Å². The molecule has 0 atom stereocenters.